The molecule has 6 heteroatoms. The molecule has 0 amide bonds. The molecule has 3 rings (SSSR count). The van der Waals surface area contributed by atoms with Crippen molar-refractivity contribution in [3.63, 3.8) is 0 Å². The number of imidazole rings is 1. The van der Waals surface area contributed by atoms with E-state index in [1.165, 1.54) is 6.07 Å². The Morgan fingerprint density at radius 2 is 2.05 bits per heavy atom. The van der Waals surface area contributed by atoms with Gasteiger partial charge in [-0.3, -0.25) is 0 Å². The van der Waals surface area contributed by atoms with Crippen molar-refractivity contribution in [2.75, 3.05) is 5.73 Å². The van der Waals surface area contributed by atoms with Crippen molar-refractivity contribution in [3.05, 3.63) is 40.5 Å². The Bertz CT molecular complexity index is 784. The molecule has 0 unspecified atom stereocenters. The summed E-state index contributed by atoms with van der Waals surface area (Å²) < 4.78 is 20.6. The van der Waals surface area contributed by atoms with Crippen molar-refractivity contribution >= 4 is 17.0 Å². The highest BCUT2D eigenvalue weighted by atomic mass is 19.1. The lowest BCUT2D eigenvalue weighted by molar-refractivity contribution is 0.392. The van der Waals surface area contributed by atoms with E-state index in [0.29, 0.717) is 23.6 Å². The van der Waals surface area contributed by atoms with Gasteiger partial charge in [-0.2, -0.15) is 0 Å². The first-order valence-corrected chi connectivity index (χ1v) is 6.31. The highest BCUT2D eigenvalue weighted by molar-refractivity contribution is 5.79. The van der Waals surface area contributed by atoms with Crippen LogP contribution in [0, 0.1) is 26.6 Å². The normalized spacial score (nSPS) is 11.4. The summed E-state index contributed by atoms with van der Waals surface area (Å²) in [6, 6.07) is 3.16. The summed E-state index contributed by atoms with van der Waals surface area (Å²) in [5.41, 5.74) is 9.67. The van der Waals surface area contributed by atoms with Crippen molar-refractivity contribution in [3.8, 4) is 0 Å². The molecule has 5 nitrogen and oxygen atoms in total. The average molecular weight is 274 g/mol. The average Bonchev–Trinajstić information content (AvgIpc) is 2.85. The largest absolute Gasteiger partial charge is 0.369 e. The molecular formula is C14H15FN4O. The number of benzene rings is 1. The van der Waals surface area contributed by atoms with Crippen molar-refractivity contribution in [2.24, 2.45) is 0 Å². The van der Waals surface area contributed by atoms with Crippen LogP contribution in [-0.2, 0) is 6.54 Å². The summed E-state index contributed by atoms with van der Waals surface area (Å²) in [7, 11) is 0. The Labute approximate surface area is 115 Å². The first-order chi connectivity index (χ1) is 9.47. The molecule has 0 radical (unpaired) electrons. The van der Waals surface area contributed by atoms with E-state index in [2.05, 4.69) is 10.1 Å². The SMILES string of the molecule is Cc1cc2c(cc1F)nc(N)n2Cc1c(C)noc1C. The van der Waals surface area contributed by atoms with Gasteiger partial charge in [-0.1, -0.05) is 5.16 Å². The van der Waals surface area contributed by atoms with Gasteiger partial charge in [0.2, 0.25) is 5.95 Å². The van der Waals surface area contributed by atoms with E-state index in [0.717, 1.165) is 22.5 Å². The van der Waals surface area contributed by atoms with Gasteiger partial charge in [0.25, 0.3) is 0 Å². The Hall–Kier alpha value is -2.37. The highest BCUT2D eigenvalue weighted by Gasteiger charge is 2.15. The molecule has 2 aromatic heterocycles. The maximum absolute atomic E-state index is 13.6. The minimum Gasteiger partial charge on any atom is -0.369 e. The Morgan fingerprint density at radius 3 is 2.70 bits per heavy atom. The fraction of sp³-hybridized carbons (Fsp3) is 0.286. The van der Waals surface area contributed by atoms with E-state index in [-0.39, 0.29) is 5.82 Å². The van der Waals surface area contributed by atoms with Crippen LogP contribution in [-0.4, -0.2) is 14.7 Å². The Morgan fingerprint density at radius 1 is 1.30 bits per heavy atom. The van der Waals surface area contributed by atoms with Crippen LogP contribution in [0.2, 0.25) is 0 Å². The maximum atomic E-state index is 13.6. The fourth-order valence-corrected chi connectivity index (χ4v) is 2.32. The van der Waals surface area contributed by atoms with Crippen LogP contribution in [0.15, 0.2) is 16.7 Å². The number of nitrogens with two attached hydrogens (primary N) is 1. The number of nitrogens with zero attached hydrogens (tertiary/aromatic N) is 3. The minimum absolute atomic E-state index is 0.278. The van der Waals surface area contributed by atoms with E-state index in [4.69, 9.17) is 10.3 Å². The van der Waals surface area contributed by atoms with Crippen LogP contribution in [0.25, 0.3) is 11.0 Å². The second-order valence-electron chi connectivity index (χ2n) is 4.95. The van der Waals surface area contributed by atoms with Gasteiger partial charge in [0.15, 0.2) is 0 Å². The standard InChI is InChI=1S/C14H15FN4O/c1-7-4-13-12(5-11(7)15)17-14(16)19(13)6-10-8(2)18-20-9(10)3/h4-5H,6H2,1-3H3,(H2,16,17). The lowest BCUT2D eigenvalue weighted by atomic mass is 10.2. The summed E-state index contributed by atoms with van der Waals surface area (Å²) in [4.78, 5) is 4.20. The molecule has 0 saturated heterocycles. The highest BCUT2D eigenvalue weighted by Crippen LogP contribution is 2.24. The number of halogens is 1. The van der Waals surface area contributed by atoms with E-state index in [1.807, 2.05) is 18.4 Å². The number of aryl methyl sites for hydroxylation is 3. The molecule has 20 heavy (non-hydrogen) atoms. The second-order valence-corrected chi connectivity index (χ2v) is 4.95. The van der Waals surface area contributed by atoms with E-state index < -0.39 is 0 Å². The lowest BCUT2D eigenvalue weighted by Crippen LogP contribution is -2.06. The van der Waals surface area contributed by atoms with Gasteiger partial charge < -0.3 is 14.8 Å². The molecule has 104 valence electrons. The third kappa shape index (κ3) is 1.84. The summed E-state index contributed by atoms with van der Waals surface area (Å²) in [5, 5.41) is 3.93. The molecule has 3 aromatic rings. The molecular weight excluding hydrogens is 259 g/mol. The van der Waals surface area contributed by atoms with Gasteiger partial charge >= 0.3 is 0 Å². The first-order valence-electron chi connectivity index (χ1n) is 6.31. The van der Waals surface area contributed by atoms with Crippen LogP contribution >= 0.6 is 0 Å². The molecule has 1 aromatic carbocycles. The zero-order chi connectivity index (χ0) is 14.4. The number of hydrogen-bond acceptors (Lipinski definition) is 4. The minimum atomic E-state index is -0.278. The van der Waals surface area contributed by atoms with Crippen molar-refractivity contribution in [2.45, 2.75) is 27.3 Å². The number of rotatable bonds is 2. The quantitative estimate of drug-likeness (QED) is 0.780. The maximum Gasteiger partial charge on any atom is 0.201 e. The summed E-state index contributed by atoms with van der Waals surface area (Å²) in [5.74, 6) is 0.826. The van der Waals surface area contributed by atoms with Gasteiger partial charge in [-0.15, -0.1) is 0 Å². The molecule has 0 saturated carbocycles. The zero-order valence-electron chi connectivity index (χ0n) is 11.6. The third-order valence-electron chi connectivity index (χ3n) is 3.56. The number of anilines is 1. The van der Waals surface area contributed by atoms with E-state index in [9.17, 15) is 4.39 Å². The van der Waals surface area contributed by atoms with Gasteiger partial charge in [-0.05, 0) is 32.4 Å². The van der Waals surface area contributed by atoms with Crippen LogP contribution in [0.1, 0.15) is 22.6 Å². The van der Waals surface area contributed by atoms with E-state index >= 15 is 0 Å². The van der Waals surface area contributed by atoms with Crippen LogP contribution in [0.5, 0.6) is 0 Å². The molecule has 0 bridgehead atoms. The Balaban J connectivity index is 2.16. The van der Waals surface area contributed by atoms with Gasteiger partial charge in [0.05, 0.1) is 23.3 Å². The molecule has 0 aliphatic carbocycles. The van der Waals surface area contributed by atoms with Gasteiger partial charge in [-0.25, -0.2) is 9.37 Å². The summed E-state index contributed by atoms with van der Waals surface area (Å²) in [6.07, 6.45) is 0. The van der Waals surface area contributed by atoms with Crippen molar-refractivity contribution in [1.82, 2.24) is 14.7 Å². The van der Waals surface area contributed by atoms with E-state index in [1.54, 1.807) is 13.0 Å². The Kier molecular flexibility index (Phi) is 2.74. The number of aromatic nitrogens is 3. The summed E-state index contributed by atoms with van der Waals surface area (Å²) in [6.45, 7) is 5.97. The van der Waals surface area contributed by atoms with Crippen molar-refractivity contribution in [1.29, 1.82) is 0 Å². The number of fused-ring (bicyclic) bond motifs is 1. The molecule has 2 heterocycles. The molecule has 0 aliphatic heterocycles. The van der Waals surface area contributed by atoms with Crippen LogP contribution in [0.3, 0.4) is 0 Å². The predicted octanol–water partition coefficient (Wildman–Crippen LogP) is 2.72. The number of nitrogen functional groups attached to an aromatic ring is 1. The van der Waals surface area contributed by atoms with Gasteiger partial charge in [0, 0.05) is 11.6 Å². The van der Waals surface area contributed by atoms with Gasteiger partial charge in [0.1, 0.15) is 11.6 Å². The fourth-order valence-electron chi connectivity index (χ4n) is 2.32. The second kappa shape index (κ2) is 4.33. The monoisotopic (exact) mass is 274 g/mol. The lowest BCUT2D eigenvalue weighted by Gasteiger charge is -2.06. The predicted molar refractivity (Wildman–Crippen MR) is 73.9 cm³/mol. The van der Waals surface area contributed by atoms with Crippen LogP contribution < -0.4 is 5.73 Å². The summed E-state index contributed by atoms with van der Waals surface area (Å²) >= 11 is 0. The molecule has 0 aliphatic rings. The number of hydrogen-bond donors (Lipinski definition) is 1. The molecule has 2 N–H and O–H groups in total. The molecule has 0 fully saturated rings. The topological polar surface area (TPSA) is 69.9 Å². The first kappa shape index (κ1) is 12.7. The van der Waals surface area contributed by atoms with Crippen molar-refractivity contribution < 1.29 is 8.91 Å². The third-order valence-corrected chi connectivity index (χ3v) is 3.56. The zero-order valence-corrected chi connectivity index (χ0v) is 11.6. The molecule has 0 atom stereocenters. The molecule has 0 spiro atoms. The smallest absolute Gasteiger partial charge is 0.201 e. The van der Waals surface area contributed by atoms with Crippen LogP contribution in [0.4, 0.5) is 10.3 Å².